The molecule has 4 heterocycles. The lowest BCUT2D eigenvalue weighted by atomic mass is 10.00. The topological polar surface area (TPSA) is 50.5 Å². The van der Waals surface area contributed by atoms with Crippen molar-refractivity contribution in [2.45, 2.75) is 44.6 Å². The molecule has 0 bridgehead atoms. The Balaban J connectivity index is 1.58. The molecule has 3 aromatic heterocycles. The highest BCUT2D eigenvalue weighted by atomic mass is 79.9. The van der Waals surface area contributed by atoms with Crippen LogP contribution in [-0.2, 0) is 11.8 Å². The van der Waals surface area contributed by atoms with Crippen molar-refractivity contribution in [1.82, 2.24) is 19.5 Å². The van der Waals surface area contributed by atoms with E-state index in [1.165, 1.54) is 10.4 Å². The van der Waals surface area contributed by atoms with Crippen molar-refractivity contribution in [3.05, 3.63) is 50.0 Å². The molecule has 0 aromatic carbocycles. The van der Waals surface area contributed by atoms with Crippen LogP contribution < -0.4 is 0 Å². The van der Waals surface area contributed by atoms with Gasteiger partial charge in [0.2, 0.25) is 0 Å². The van der Waals surface area contributed by atoms with Crippen molar-refractivity contribution >= 4 is 38.8 Å². The average Bonchev–Trinajstić information content (AvgIpc) is 3.04. The molecule has 1 aliphatic carbocycles. The molecule has 7 heteroatoms. The van der Waals surface area contributed by atoms with Crippen LogP contribution in [0, 0.1) is 0 Å². The van der Waals surface area contributed by atoms with Gasteiger partial charge in [0.05, 0.1) is 11.7 Å². The van der Waals surface area contributed by atoms with Gasteiger partial charge in [0.1, 0.15) is 10.3 Å². The zero-order valence-corrected chi connectivity index (χ0v) is 17.1. The zero-order chi connectivity index (χ0) is 18.1. The third kappa shape index (κ3) is 2.44. The van der Waals surface area contributed by atoms with Crippen LogP contribution in [0.1, 0.15) is 59.4 Å². The van der Waals surface area contributed by atoms with Crippen molar-refractivity contribution in [3.63, 3.8) is 0 Å². The van der Waals surface area contributed by atoms with E-state index >= 15 is 0 Å². The minimum atomic E-state index is 0.0136. The molecule has 1 aliphatic heterocycles. The van der Waals surface area contributed by atoms with Crippen molar-refractivity contribution in [1.29, 1.82) is 0 Å². The van der Waals surface area contributed by atoms with E-state index in [0.717, 1.165) is 41.8 Å². The molecule has 134 valence electrons. The van der Waals surface area contributed by atoms with Crippen LogP contribution in [0.3, 0.4) is 0 Å². The number of carbonyl (C=O) groups is 1. The number of amides is 1. The highest BCUT2D eigenvalue weighted by molar-refractivity contribution is 9.10. The van der Waals surface area contributed by atoms with Crippen LogP contribution in [0.4, 0.5) is 0 Å². The third-order valence-electron chi connectivity index (χ3n) is 5.77. The Labute approximate surface area is 164 Å². The second-order valence-corrected chi connectivity index (χ2v) is 9.36. The fourth-order valence-electron chi connectivity index (χ4n) is 3.86. The van der Waals surface area contributed by atoms with Gasteiger partial charge in [-0.2, -0.15) is 5.10 Å². The van der Waals surface area contributed by atoms with Gasteiger partial charge in [-0.3, -0.25) is 4.79 Å². The second kappa shape index (κ2) is 5.63. The Morgan fingerprint density at radius 2 is 2.19 bits per heavy atom. The van der Waals surface area contributed by atoms with Crippen LogP contribution in [0.15, 0.2) is 28.2 Å². The van der Waals surface area contributed by atoms with Crippen LogP contribution in [0.25, 0.3) is 5.65 Å². The van der Waals surface area contributed by atoms with E-state index in [-0.39, 0.29) is 17.4 Å². The number of thiophene rings is 1. The first kappa shape index (κ1) is 16.4. The third-order valence-corrected chi connectivity index (χ3v) is 7.16. The maximum atomic E-state index is 13.3. The summed E-state index contributed by atoms with van der Waals surface area (Å²) in [6, 6.07) is 6.07. The molecule has 3 aromatic rings. The highest BCUT2D eigenvalue weighted by Crippen LogP contribution is 2.47. The molecule has 0 N–H and O–H groups in total. The maximum absolute atomic E-state index is 13.3. The Morgan fingerprint density at radius 3 is 2.96 bits per heavy atom. The summed E-state index contributed by atoms with van der Waals surface area (Å²) in [5.41, 5.74) is 3.70. The number of halogens is 1. The lowest BCUT2D eigenvalue weighted by Crippen LogP contribution is -2.38. The summed E-state index contributed by atoms with van der Waals surface area (Å²) >= 11 is 5.23. The fraction of sp³-hybridized carbons (Fsp3) is 0.421. The number of hydrogen-bond donors (Lipinski definition) is 0. The minimum absolute atomic E-state index is 0.0136. The summed E-state index contributed by atoms with van der Waals surface area (Å²) in [6.45, 7) is 5.09. The first-order chi connectivity index (χ1) is 12.5. The summed E-state index contributed by atoms with van der Waals surface area (Å²) in [7, 11) is 0. The van der Waals surface area contributed by atoms with E-state index in [0.29, 0.717) is 5.69 Å². The van der Waals surface area contributed by atoms with Crippen LogP contribution in [-0.4, -0.2) is 31.9 Å². The lowest BCUT2D eigenvalue weighted by molar-refractivity contribution is 0.0673. The van der Waals surface area contributed by atoms with E-state index < -0.39 is 0 Å². The molecule has 26 heavy (non-hydrogen) atoms. The molecule has 0 spiro atoms. The molecule has 1 fully saturated rings. The Hall–Kier alpha value is -1.73. The van der Waals surface area contributed by atoms with Gasteiger partial charge in [-0.05, 0) is 65.2 Å². The quantitative estimate of drug-likeness (QED) is 0.606. The normalized spacial score (nSPS) is 21.0. The molecule has 1 atom stereocenters. The smallest absolute Gasteiger partial charge is 0.273 e. The number of aromatic nitrogens is 3. The van der Waals surface area contributed by atoms with Gasteiger partial charge in [0.25, 0.3) is 5.91 Å². The van der Waals surface area contributed by atoms with Crippen molar-refractivity contribution < 1.29 is 4.79 Å². The summed E-state index contributed by atoms with van der Waals surface area (Å²) < 4.78 is 2.62. The maximum Gasteiger partial charge on any atom is 0.273 e. The second-order valence-electron chi connectivity index (χ2n) is 7.55. The van der Waals surface area contributed by atoms with E-state index in [2.05, 4.69) is 51.3 Å². The van der Waals surface area contributed by atoms with Crippen LogP contribution in [0.2, 0.25) is 0 Å². The Morgan fingerprint density at radius 1 is 1.38 bits per heavy atom. The summed E-state index contributed by atoms with van der Waals surface area (Å²) in [5, 5.41) is 6.64. The van der Waals surface area contributed by atoms with Crippen molar-refractivity contribution in [2.24, 2.45) is 0 Å². The monoisotopic (exact) mass is 430 g/mol. The number of fused-ring (bicyclic) bond motifs is 2. The van der Waals surface area contributed by atoms with Crippen molar-refractivity contribution in [3.8, 4) is 0 Å². The fourth-order valence-corrected chi connectivity index (χ4v) is 5.19. The standard InChI is InChI=1S/C19H19BrN4OS/c1-11-12-4-8-26-14(12)3-7-23(11)18(25)13-9-15(19(2)5-6-19)24-17(21-13)10-16(20)22-24/h4,8-11H,3,5-7H2,1-2H3. The van der Waals surface area contributed by atoms with Gasteiger partial charge >= 0.3 is 0 Å². The van der Waals surface area contributed by atoms with Crippen LogP contribution >= 0.6 is 27.3 Å². The van der Waals surface area contributed by atoms with E-state index in [9.17, 15) is 4.79 Å². The molecule has 5 nitrogen and oxygen atoms in total. The molecular formula is C19H19BrN4OS. The number of nitrogens with zero attached hydrogens (tertiary/aromatic N) is 4. The van der Waals surface area contributed by atoms with Gasteiger partial charge in [-0.15, -0.1) is 11.3 Å². The highest BCUT2D eigenvalue weighted by Gasteiger charge is 2.42. The lowest BCUT2D eigenvalue weighted by Gasteiger charge is -2.33. The largest absolute Gasteiger partial charge is 0.330 e. The average molecular weight is 431 g/mol. The molecule has 0 saturated heterocycles. The van der Waals surface area contributed by atoms with Crippen LogP contribution in [0.5, 0.6) is 0 Å². The summed E-state index contributed by atoms with van der Waals surface area (Å²) in [6.07, 6.45) is 3.17. The Kier molecular flexibility index (Phi) is 3.56. The summed E-state index contributed by atoms with van der Waals surface area (Å²) in [5.74, 6) is 0.0136. The molecule has 0 radical (unpaired) electrons. The number of carbonyl (C=O) groups excluding carboxylic acids is 1. The van der Waals surface area contributed by atoms with Gasteiger partial charge < -0.3 is 4.90 Å². The SMILES string of the molecule is CC1c2ccsc2CCN1C(=O)c1cc(C2(C)CC2)n2nc(Br)cc2n1. The van der Waals surface area contributed by atoms with E-state index in [1.54, 1.807) is 11.3 Å². The van der Waals surface area contributed by atoms with Gasteiger partial charge in [-0.1, -0.05) is 6.92 Å². The van der Waals surface area contributed by atoms with E-state index in [4.69, 9.17) is 0 Å². The van der Waals surface area contributed by atoms with Gasteiger partial charge in [0.15, 0.2) is 5.65 Å². The predicted molar refractivity (Wildman–Crippen MR) is 105 cm³/mol. The molecule has 1 amide bonds. The molecule has 2 aliphatic rings. The zero-order valence-electron chi connectivity index (χ0n) is 14.7. The molecular weight excluding hydrogens is 412 g/mol. The molecule has 1 saturated carbocycles. The first-order valence-corrected chi connectivity index (χ1v) is 10.6. The first-order valence-electron chi connectivity index (χ1n) is 8.90. The van der Waals surface area contributed by atoms with Gasteiger partial charge in [-0.25, -0.2) is 9.50 Å². The number of hydrogen-bond acceptors (Lipinski definition) is 4. The van der Waals surface area contributed by atoms with E-state index in [1.807, 2.05) is 21.5 Å². The molecule has 1 unspecified atom stereocenters. The van der Waals surface area contributed by atoms with Crippen molar-refractivity contribution in [2.75, 3.05) is 6.54 Å². The summed E-state index contributed by atoms with van der Waals surface area (Å²) in [4.78, 5) is 21.3. The molecule has 5 rings (SSSR count). The predicted octanol–water partition coefficient (Wildman–Crippen LogP) is 4.36. The number of rotatable bonds is 2. The van der Waals surface area contributed by atoms with Gasteiger partial charge in [0, 0.05) is 22.9 Å². The Bertz CT molecular complexity index is 1040. The minimum Gasteiger partial charge on any atom is -0.330 e.